The molecule has 20 heavy (non-hydrogen) atoms. The molecule has 0 saturated carbocycles. The Balaban J connectivity index is 2.13. The normalized spacial score (nSPS) is 18.9. The van der Waals surface area contributed by atoms with Gasteiger partial charge in [0, 0.05) is 37.5 Å². The van der Waals surface area contributed by atoms with Gasteiger partial charge in [-0.1, -0.05) is 0 Å². The lowest BCUT2D eigenvalue weighted by atomic mass is 9.98. The number of piperidine rings is 1. The van der Waals surface area contributed by atoms with E-state index in [9.17, 15) is 4.79 Å². The minimum Gasteiger partial charge on any atom is -0.396 e. The molecule has 0 spiro atoms. The first-order valence-corrected chi connectivity index (χ1v) is 7.38. The summed E-state index contributed by atoms with van der Waals surface area (Å²) in [7, 11) is 0. The van der Waals surface area contributed by atoms with Gasteiger partial charge in [0.2, 0.25) is 0 Å². The topological polar surface area (TPSA) is 65.5 Å². The Kier molecular flexibility index (Phi) is 5.35. The van der Waals surface area contributed by atoms with Crippen molar-refractivity contribution in [1.82, 2.24) is 9.88 Å². The monoisotopic (exact) mass is 277 g/mol. The fourth-order valence-electron chi connectivity index (χ4n) is 2.72. The summed E-state index contributed by atoms with van der Waals surface area (Å²) in [6.07, 6.45) is 5.48. The highest BCUT2D eigenvalue weighted by atomic mass is 16.3. The number of aromatic nitrogens is 1. The Morgan fingerprint density at radius 1 is 1.55 bits per heavy atom. The van der Waals surface area contributed by atoms with Crippen LogP contribution in [0, 0.1) is 0 Å². The minimum atomic E-state index is 0.0460. The summed E-state index contributed by atoms with van der Waals surface area (Å²) >= 11 is 0. The Morgan fingerprint density at radius 2 is 2.40 bits per heavy atom. The van der Waals surface area contributed by atoms with Gasteiger partial charge in [-0.15, -0.1) is 0 Å². The van der Waals surface area contributed by atoms with Gasteiger partial charge < -0.3 is 15.3 Å². The summed E-state index contributed by atoms with van der Waals surface area (Å²) < 4.78 is 0. The van der Waals surface area contributed by atoms with E-state index in [4.69, 9.17) is 5.11 Å². The average Bonchev–Trinajstić information content (AvgIpc) is 2.48. The van der Waals surface area contributed by atoms with E-state index in [1.807, 2.05) is 11.8 Å². The second kappa shape index (κ2) is 7.24. The number of aliphatic hydroxyl groups is 1. The van der Waals surface area contributed by atoms with Crippen LogP contribution in [0.3, 0.4) is 0 Å². The molecule has 1 fully saturated rings. The maximum Gasteiger partial charge on any atom is 0.254 e. The summed E-state index contributed by atoms with van der Waals surface area (Å²) in [5.41, 5.74) is 0.667. The van der Waals surface area contributed by atoms with Gasteiger partial charge in [0.25, 0.3) is 5.91 Å². The summed E-state index contributed by atoms with van der Waals surface area (Å²) in [6, 6.07) is 3.72. The van der Waals surface area contributed by atoms with Crippen LogP contribution < -0.4 is 5.32 Å². The summed E-state index contributed by atoms with van der Waals surface area (Å²) in [5.74, 6) is 0.777. The molecule has 1 atom stereocenters. The van der Waals surface area contributed by atoms with Crippen molar-refractivity contribution in [1.29, 1.82) is 0 Å². The molecule has 5 nitrogen and oxygen atoms in total. The van der Waals surface area contributed by atoms with Crippen LogP contribution in [0.25, 0.3) is 0 Å². The molecular weight excluding hydrogens is 254 g/mol. The number of nitrogens with zero attached hydrogens (tertiary/aromatic N) is 2. The lowest BCUT2D eigenvalue weighted by Crippen LogP contribution is -2.44. The molecule has 1 aliphatic rings. The third-order valence-electron chi connectivity index (χ3n) is 3.72. The molecule has 2 heterocycles. The highest BCUT2D eigenvalue weighted by Crippen LogP contribution is 2.22. The van der Waals surface area contributed by atoms with Gasteiger partial charge in [-0.25, -0.2) is 4.98 Å². The summed E-state index contributed by atoms with van der Waals surface area (Å²) in [6.45, 7) is 3.69. The van der Waals surface area contributed by atoms with Crippen LogP contribution in [0.5, 0.6) is 0 Å². The van der Waals surface area contributed by atoms with Crippen molar-refractivity contribution in [3.63, 3.8) is 0 Å². The van der Waals surface area contributed by atoms with Gasteiger partial charge in [-0.3, -0.25) is 4.79 Å². The molecule has 1 aliphatic heterocycles. The largest absolute Gasteiger partial charge is 0.396 e. The number of anilines is 1. The molecular formula is C15H23N3O2. The lowest BCUT2D eigenvalue weighted by molar-refractivity contribution is 0.0574. The van der Waals surface area contributed by atoms with Gasteiger partial charge in [0.05, 0.1) is 0 Å². The maximum atomic E-state index is 12.6. The van der Waals surface area contributed by atoms with E-state index in [1.54, 1.807) is 18.3 Å². The van der Waals surface area contributed by atoms with Crippen molar-refractivity contribution in [2.45, 2.75) is 38.6 Å². The third kappa shape index (κ3) is 3.48. The number of hydrogen-bond acceptors (Lipinski definition) is 4. The minimum absolute atomic E-state index is 0.0460. The molecule has 110 valence electrons. The predicted molar refractivity (Wildman–Crippen MR) is 78.8 cm³/mol. The summed E-state index contributed by atoms with van der Waals surface area (Å²) in [4.78, 5) is 18.7. The van der Waals surface area contributed by atoms with Crippen molar-refractivity contribution in [3.05, 3.63) is 23.9 Å². The van der Waals surface area contributed by atoms with E-state index in [2.05, 4.69) is 10.3 Å². The van der Waals surface area contributed by atoms with Crippen molar-refractivity contribution in [3.8, 4) is 0 Å². The number of pyridine rings is 1. The Morgan fingerprint density at radius 3 is 3.15 bits per heavy atom. The zero-order chi connectivity index (χ0) is 14.4. The second-order valence-electron chi connectivity index (χ2n) is 5.12. The van der Waals surface area contributed by atoms with Crippen LogP contribution >= 0.6 is 0 Å². The first-order valence-electron chi connectivity index (χ1n) is 7.38. The molecule has 0 bridgehead atoms. The van der Waals surface area contributed by atoms with E-state index in [0.717, 1.165) is 38.2 Å². The van der Waals surface area contributed by atoms with Crippen molar-refractivity contribution in [2.75, 3.05) is 25.0 Å². The van der Waals surface area contributed by atoms with E-state index in [1.165, 1.54) is 0 Å². The Hall–Kier alpha value is -1.62. The van der Waals surface area contributed by atoms with Gasteiger partial charge >= 0.3 is 0 Å². The van der Waals surface area contributed by atoms with Gasteiger partial charge in [-0.2, -0.15) is 0 Å². The van der Waals surface area contributed by atoms with Crippen LogP contribution in [-0.2, 0) is 0 Å². The Labute approximate surface area is 120 Å². The van der Waals surface area contributed by atoms with Crippen molar-refractivity contribution >= 4 is 11.7 Å². The average molecular weight is 277 g/mol. The molecule has 2 N–H and O–H groups in total. The van der Waals surface area contributed by atoms with Gasteiger partial charge in [0.1, 0.15) is 5.82 Å². The lowest BCUT2D eigenvalue weighted by Gasteiger charge is -2.35. The van der Waals surface area contributed by atoms with Crippen molar-refractivity contribution < 1.29 is 9.90 Å². The standard InChI is InChI=1S/C15H23N3O2/c1-2-16-14-11-12(6-8-17-14)15(20)18-9-4-3-5-13(18)7-10-19/h6,8,11,13,19H,2-5,7,9-10H2,1H3,(H,16,17). The molecule has 2 rings (SSSR count). The number of rotatable bonds is 5. The van der Waals surface area contributed by atoms with Gasteiger partial charge in [0.15, 0.2) is 0 Å². The smallest absolute Gasteiger partial charge is 0.254 e. The molecule has 1 unspecified atom stereocenters. The van der Waals surface area contributed by atoms with E-state index in [0.29, 0.717) is 12.0 Å². The maximum absolute atomic E-state index is 12.6. The highest BCUT2D eigenvalue weighted by molar-refractivity contribution is 5.95. The van der Waals surface area contributed by atoms with Crippen LogP contribution in [-0.4, -0.2) is 46.6 Å². The number of carbonyl (C=O) groups is 1. The number of hydrogen-bond donors (Lipinski definition) is 2. The number of aliphatic hydroxyl groups excluding tert-OH is 1. The number of likely N-dealkylation sites (tertiary alicyclic amines) is 1. The second-order valence-corrected chi connectivity index (χ2v) is 5.12. The molecule has 1 amide bonds. The van der Waals surface area contributed by atoms with Crippen molar-refractivity contribution in [2.24, 2.45) is 0 Å². The number of amides is 1. The van der Waals surface area contributed by atoms with Gasteiger partial charge in [-0.05, 0) is 44.7 Å². The van der Waals surface area contributed by atoms with E-state index >= 15 is 0 Å². The fraction of sp³-hybridized carbons (Fsp3) is 0.600. The molecule has 5 heteroatoms. The first kappa shape index (κ1) is 14.8. The third-order valence-corrected chi connectivity index (χ3v) is 3.72. The zero-order valence-corrected chi connectivity index (χ0v) is 12.0. The quantitative estimate of drug-likeness (QED) is 0.862. The van der Waals surface area contributed by atoms with Crippen LogP contribution in [0.1, 0.15) is 43.0 Å². The molecule has 0 aliphatic carbocycles. The first-order chi connectivity index (χ1) is 9.76. The Bertz CT molecular complexity index is 448. The fourth-order valence-corrected chi connectivity index (χ4v) is 2.72. The number of nitrogens with one attached hydrogen (secondary N) is 1. The summed E-state index contributed by atoms with van der Waals surface area (Å²) in [5, 5.41) is 12.3. The molecule has 1 aromatic rings. The predicted octanol–water partition coefficient (Wildman–Crippen LogP) is 1.89. The van der Waals surface area contributed by atoms with Crippen LogP contribution in [0.4, 0.5) is 5.82 Å². The van der Waals surface area contributed by atoms with E-state index in [-0.39, 0.29) is 18.6 Å². The highest BCUT2D eigenvalue weighted by Gasteiger charge is 2.27. The SMILES string of the molecule is CCNc1cc(C(=O)N2CCCCC2CCO)ccn1. The van der Waals surface area contributed by atoms with Crippen LogP contribution in [0.15, 0.2) is 18.3 Å². The molecule has 0 radical (unpaired) electrons. The molecule has 0 aromatic carbocycles. The molecule has 1 saturated heterocycles. The number of carbonyl (C=O) groups excluding carboxylic acids is 1. The van der Waals surface area contributed by atoms with Crippen LogP contribution in [0.2, 0.25) is 0 Å². The zero-order valence-electron chi connectivity index (χ0n) is 12.0. The molecule has 1 aromatic heterocycles. The van der Waals surface area contributed by atoms with E-state index < -0.39 is 0 Å².